The van der Waals surface area contributed by atoms with Crippen molar-refractivity contribution in [3.8, 4) is 11.5 Å². The van der Waals surface area contributed by atoms with Crippen LogP contribution in [-0.4, -0.2) is 16.1 Å². The highest BCUT2D eigenvalue weighted by molar-refractivity contribution is 5.90. The molecular formula is C23H23NO3. The topological polar surface area (TPSA) is 69.6 Å². The zero-order valence-corrected chi connectivity index (χ0v) is 15.1. The zero-order chi connectivity index (χ0) is 19.1. The van der Waals surface area contributed by atoms with Gasteiger partial charge in [0.25, 0.3) is 0 Å². The second-order valence-electron chi connectivity index (χ2n) is 6.59. The Morgan fingerprint density at radius 3 is 1.96 bits per heavy atom. The highest BCUT2D eigenvalue weighted by atomic mass is 16.3. The highest BCUT2D eigenvalue weighted by Crippen LogP contribution is 2.22. The van der Waals surface area contributed by atoms with E-state index >= 15 is 0 Å². The Labute approximate surface area is 159 Å². The molecule has 0 fully saturated rings. The van der Waals surface area contributed by atoms with Gasteiger partial charge in [0.05, 0.1) is 0 Å². The van der Waals surface area contributed by atoms with Gasteiger partial charge in [0, 0.05) is 18.2 Å². The molecule has 0 spiro atoms. The van der Waals surface area contributed by atoms with E-state index in [9.17, 15) is 15.0 Å². The van der Waals surface area contributed by atoms with Crippen molar-refractivity contribution in [2.75, 3.05) is 5.32 Å². The van der Waals surface area contributed by atoms with Crippen LogP contribution in [0.15, 0.2) is 72.8 Å². The second-order valence-corrected chi connectivity index (χ2v) is 6.59. The maximum absolute atomic E-state index is 12.1. The van der Waals surface area contributed by atoms with E-state index in [1.165, 1.54) is 6.07 Å². The quantitative estimate of drug-likeness (QED) is 0.582. The van der Waals surface area contributed by atoms with E-state index in [4.69, 9.17) is 0 Å². The summed E-state index contributed by atoms with van der Waals surface area (Å²) < 4.78 is 0. The van der Waals surface area contributed by atoms with E-state index in [-0.39, 0.29) is 17.4 Å². The molecule has 1 amide bonds. The Morgan fingerprint density at radius 2 is 1.30 bits per heavy atom. The minimum absolute atomic E-state index is 0.00170. The van der Waals surface area contributed by atoms with Gasteiger partial charge in [-0.1, -0.05) is 42.5 Å². The second kappa shape index (κ2) is 8.90. The minimum Gasteiger partial charge on any atom is -0.508 e. The van der Waals surface area contributed by atoms with E-state index in [0.29, 0.717) is 12.8 Å². The SMILES string of the molecule is O=C(CCc1ccccc1)Nc1ccc(CCc2cc(O)cc(O)c2)cc1. The standard InChI is InChI=1S/C23H23NO3/c25-21-14-19(15-22(26)16-21)7-6-18-8-11-20(12-9-18)24-23(27)13-10-17-4-2-1-3-5-17/h1-5,8-9,11-12,14-16,25-26H,6-7,10,13H2,(H,24,27). The van der Waals surface area contributed by atoms with E-state index in [2.05, 4.69) is 5.32 Å². The molecule has 3 N–H and O–H groups in total. The van der Waals surface area contributed by atoms with Crippen LogP contribution >= 0.6 is 0 Å². The number of hydrogen-bond donors (Lipinski definition) is 3. The molecule has 0 heterocycles. The van der Waals surface area contributed by atoms with E-state index in [1.54, 1.807) is 12.1 Å². The molecule has 3 aromatic rings. The van der Waals surface area contributed by atoms with Crippen molar-refractivity contribution in [2.24, 2.45) is 0 Å². The Kier molecular flexibility index (Phi) is 6.10. The molecule has 4 nitrogen and oxygen atoms in total. The van der Waals surface area contributed by atoms with Crippen LogP contribution in [0.3, 0.4) is 0 Å². The smallest absolute Gasteiger partial charge is 0.224 e. The van der Waals surface area contributed by atoms with E-state index in [1.807, 2.05) is 54.6 Å². The van der Waals surface area contributed by atoms with Gasteiger partial charge in [-0.3, -0.25) is 4.79 Å². The highest BCUT2D eigenvalue weighted by Gasteiger charge is 2.04. The molecule has 0 aliphatic carbocycles. The lowest BCUT2D eigenvalue weighted by atomic mass is 10.0. The molecule has 0 saturated carbocycles. The third-order valence-corrected chi connectivity index (χ3v) is 4.39. The molecular weight excluding hydrogens is 338 g/mol. The predicted molar refractivity (Wildman–Crippen MR) is 107 cm³/mol. The summed E-state index contributed by atoms with van der Waals surface area (Å²) in [6.07, 6.45) is 2.67. The number of nitrogens with one attached hydrogen (secondary N) is 1. The first-order valence-corrected chi connectivity index (χ1v) is 9.03. The molecule has 4 heteroatoms. The number of anilines is 1. The van der Waals surface area contributed by atoms with Gasteiger partial charge in [0.2, 0.25) is 5.91 Å². The first-order valence-electron chi connectivity index (χ1n) is 9.03. The Bertz CT molecular complexity index is 869. The van der Waals surface area contributed by atoms with Crippen molar-refractivity contribution < 1.29 is 15.0 Å². The van der Waals surface area contributed by atoms with Crippen LogP contribution < -0.4 is 5.32 Å². The molecule has 0 unspecified atom stereocenters. The lowest BCUT2D eigenvalue weighted by Crippen LogP contribution is -2.12. The molecule has 0 bridgehead atoms. The summed E-state index contributed by atoms with van der Waals surface area (Å²) in [5.74, 6) is 0.138. The molecule has 0 aliphatic rings. The van der Waals surface area contributed by atoms with Crippen molar-refractivity contribution in [1.29, 1.82) is 0 Å². The summed E-state index contributed by atoms with van der Waals surface area (Å²) in [6.45, 7) is 0. The van der Waals surface area contributed by atoms with Crippen LogP contribution in [0.1, 0.15) is 23.1 Å². The van der Waals surface area contributed by atoms with Gasteiger partial charge in [0.15, 0.2) is 0 Å². The third-order valence-electron chi connectivity index (χ3n) is 4.39. The zero-order valence-electron chi connectivity index (χ0n) is 15.1. The summed E-state index contributed by atoms with van der Waals surface area (Å²) >= 11 is 0. The lowest BCUT2D eigenvalue weighted by Gasteiger charge is -2.08. The Morgan fingerprint density at radius 1 is 0.704 bits per heavy atom. The molecule has 3 aromatic carbocycles. The van der Waals surface area contributed by atoms with E-state index in [0.717, 1.165) is 35.2 Å². The lowest BCUT2D eigenvalue weighted by molar-refractivity contribution is -0.116. The monoisotopic (exact) mass is 361 g/mol. The summed E-state index contributed by atoms with van der Waals surface area (Å²) in [5.41, 5.74) is 3.94. The van der Waals surface area contributed by atoms with Crippen molar-refractivity contribution in [1.82, 2.24) is 0 Å². The Hall–Kier alpha value is -3.27. The first kappa shape index (κ1) is 18.5. The minimum atomic E-state index is 0.00170. The molecule has 3 rings (SSSR count). The molecule has 138 valence electrons. The average Bonchev–Trinajstić information content (AvgIpc) is 2.66. The van der Waals surface area contributed by atoms with Crippen molar-refractivity contribution >= 4 is 11.6 Å². The fraction of sp³-hybridized carbons (Fsp3) is 0.174. The Balaban J connectivity index is 1.48. The summed E-state index contributed by atoms with van der Waals surface area (Å²) in [6, 6.07) is 22.3. The first-order chi connectivity index (χ1) is 13.1. The molecule has 0 aliphatic heterocycles. The van der Waals surface area contributed by atoms with E-state index < -0.39 is 0 Å². The molecule has 0 atom stereocenters. The van der Waals surface area contributed by atoms with Crippen LogP contribution in [0.25, 0.3) is 0 Å². The number of carbonyl (C=O) groups excluding carboxylic acids is 1. The average molecular weight is 361 g/mol. The summed E-state index contributed by atoms with van der Waals surface area (Å²) in [7, 11) is 0. The number of benzene rings is 3. The molecule has 0 radical (unpaired) electrons. The maximum Gasteiger partial charge on any atom is 0.224 e. The maximum atomic E-state index is 12.1. The van der Waals surface area contributed by atoms with Crippen molar-refractivity contribution in [2.45, 2.75) is 25.7 Å². The van der Waals surface area contributed by atoms with Gasteiger partial charge < -0.3 is 15.5 Å². The van der Waals surface area contributed by atoms with Gasteiger partial charge in [-0.2, -0.15) is 0 Å². The number of amides is 1. The number of carbonyl (C=O) groups is 1. The number of aromatic hydroxyl groups is 2. The van der Waals surface area contributed by atoms with Gasteiger partial charge in [-0.05, 0) is 60.2 Å². The summed E-state index contributed by atoms with van der Waals surface area (Å²) in [5, 5.41) is 22.0. The van der Waals surface area contributed by atoms with Gasteiger partial charge >= 0.3 is 0 Å². The number of phenols is 2. The molecule has 0 saturated heterocycles. The van der Waals surface area contributed by atoms with Crippen LogP contribution in [0, 0.1) is 0 Å². The fourth-order valence-corrected chi connectivity index (χ4v) is 2.97. The van der Waals surface area contributed by atoms with Crippen molar-refractivity contribution in [3.63, 3.8) is 0 Å². The van der Waals surface area contributed by atoms with Crippen LogP contribution in [0.4, 0.5) is 5.69 Å². The van der Waals surface area contributed by atoms with Crippen LogP contribution in [-0.2, 0) is 24.1 Å². The van der Waals surface area contributed by atoms with Gasteiger partial charge in [-0.25, -0.2) is 0 Å². The third kappa shape index (κ3) is 5.89. The van der Waals surface area contributed by atoms with Crippen LogP contribution in [0.5, 0.6) is 11.5 Å². The normalized spacial score (nSPS) is 10.5. The summed E-state index contributed by atoms with van der Waals surface area (Å²) in [4.78, 5) is 12.1. The number of hydrogen-bond acceptors (Lipinski definition) is 3. The predicted octanol–water partition coefficient (Wildman–Crippen LogP) is 4.45. The van der Waals surface area contributed by atoms with Gasteiger partial charge in [-0.15, -0.1) is 0 Å². The van der Waals surface area contributed by atoms with Crippen molar-refractivity contribution in [3.05, 3.63) is 89.5 Å². The molecule has 0 aromatic heterocycles. The largest absolute Gasteiger partial charge is 0.508 e. The fourth-order valence-electron chi connectivity index (χ4n) is 2.97. The number of phenolic OH excluding ortho intramolecular Hbond substituents is 2. The number of rotatable bonds is 7. The number of aryl methyl sites for hydroxylation is 3. The van der Waals surface area contributed by atoms with Crippen LogP contribution in [0.2, 0.25) is 0 Å². The molecule has 27 heavy (non-hydrogen) atoms. The van der Waals surface area contributed by atoms with Gasteiger partial charge in [0.1, 0.15) is 11.5 Å².